The van der Waals surface area contributed by atoms with Crippen molar-refractivity contribution < 1.29 is 23.0 Å². The highest BCUT2D eigenvalue weighted by atomic mass is 19.1. The molecule has 2 aliphatic heterocycles. The molecule has 0 aliphatic carbocycles. The van der Waals surface area contributed by atoms with Gasteiger partial charge in [-0.15, -0.1) is 0 Å². The third-order valence-electron chi connectivity index (χ3n) is 8.18. The van der Waals surface area contributed by atoms with Crippen LogP contribution in [0, 0.1) is 18.6 Å². The molecule has 2 aliphatic rings. The predicted molar refractivity (Wildman–Crippen MR) is 161 cm³/mol. The number of hydrogen-bond donors (Lipinski definition) is 0. The summed E-state index contributed by atoms with van der Waals surface area (Å²) in [6.07, 6.45) is 2.99. The standard InChI is InChI=1S/C32H32F2N6O4/c1-6-25(41)38-11-12-39(19(5)14-38)31-20-13-23(34)28(26-22(33)7-8-24-29(26)44-16-43-24)36-30(20)40(32(42)37-31)15-21-18(4)9-10-35-27(21)17(2)3/h6-10,13,17,19H,1,11-12,14-16H2,2-5H3/t19-/m0/s1. The molecule has 44 heavy (non-hydrogen) atoms. The zero-order valence-electron chi connectivity index (χ0n) is 24.9. The topological polar surface area (TPSA) is 103 Å². The summed E-state index contributed by atoms with van der Waals surface area (Å²) in [5.41, 5.74) is 1.57. The van der Waals surface area contributed by atoms with Gasteiger partial charge in [-0.25, -0.2) is 18.6 Å². The Labute approximate surface area is 252 Å². The number of aryl methyl sites for hydroxylation is 1. The largest absolute Gasteiger partial charge is 0.454 e. The summed E-state index contributed by atoms with van der Waals surface area (Å²) in [5, 5.41) is 0.277. The lowest BCUT2D eigenvalue weighted by Crippen LogP contribution is -2.54. The summed E-state index contributed by atoms with van der Waals surface area (Å²) in [6.45, 7) is 12.4. The van der Waals surface area contributed by atoms with E-state index in [0.717, 1.165) is 16.8 Å². The van der Waals surface area contributed by atoms with Crippen LogP contribution < -0.4 is 20.1 Å². The second kappa shape index (κ2) is 11.3. The van der Waals surface area contributed by atoms with Crippen LogP contribution in [0.2, 0.25) is 0 Å². The highest BCUT2D eigenvalue weighted by Crippen LogP contribution is 2.44. The minimum atomic E-state index is -0.817. The Kier molecular flexibility index (Phi) is 7.52. The Bertz CT molecular complexity index is 1870. The Morgan fingerprint density at radius 3 is 2.68 bits per heavy atom. The molecule has 1 atom stereocenters. The van der Waals surface area contributed by atoms with Crippen LogP contribution in [0.25, 0.3) is 22.3 Å². The van der Waals surface area contributed by atoms with E-state index in [-0.39, 0.29) is 70.8 Å². The predicted octanol–water partition coefficient (Wildman–Crippen LogP) is 4.56. The molecular formula is C32H32F2N6O4. The quantitative estimate of drug-likeness (QED) is 0.296. The number of aromatic nitrogens is 4. The molecule has 1 fully saturated rings. The third-order valence-corrected chi connectivity index (χ3v) is 8.18. The molecule has 6 rings (SSSR count). The molecule has 1 saturated heterocycles. The van der Waals surface area contributed by atoms with Gasteiger partial charge in [0.05, 0.1) is 17.5 Å². The number of benzene rings is 1. The summed E-state index contributed by atoms with van der Waals surface area (Å²) in [7, 11) is 0. The first-order chi connectivity index (χ1) is 21.1. The molecular weight excluding hydrogens is 570 g/mol. The average Bonchev–Trinajstić information content (AvgIpc) is 3.47. The Morgan fingerprint density at radius 1 is 1.16 bits per heavy atom. The number of amides is 1. The monoisotopic (exact) mass is 602 g/mol. The van der Waals surface area contributed by atoms with Gasteiger partial charge in [-0.2, -0.15) is 4.98 Å². The van der Waals surface area contributed by atoms with Gasteiger partial charge in [-0.05, 0) is 61.2 Å². The maximum absolute atomic E-state index is 16.1. The van der Waals surface area contributed by atoms with Gasteiger partial charge in [0.1, 0.15) is 23.0 Å². The van der Waals surface area contributed by atoms with Crippen molar-refractivity contribution in [1.29, 1.82) is 0 Å². The van der Waals surface area contributed by atoms with Crippen LogP contribution in [0.15, 0.2) is 47.9 Å². The van der Waals surface area contributed by atoms with E-state index in [2.05, 4.69) is 21.5 Å². The van der Waals surface area contributed by atoms with Crippen LogP contribution in [0.5, 0.6) is 11.5 Å². The zero-order chi connectivity index (χ0) is 31.3. The third kappa shape index (κ3) is 4.93. The SMILES string of the molecule is C=CC(=O)N1CCN(c2nc(=O)n(Cc3c(C)ccnc3C(C)C)c3nc(-c4c(F)ccc5c4OCO5)c(F)cc23)[C@@H](C)C1. The van der Waals surface area contributed by atoms with E-state index in [4.69, 9.17) is 9.47 Å². The number of pyridine rings is 2. The number of ether oxygens (including phenoxy) is 2. The lowest BCUT2D eigenvalue weighted by Gasteiger charge is -2.40. The van der Waals surface area contributed by atoms with Crippen molar-refractivity contribution in [3.63, 3.8) is 0 Å². The van der Waals surface area contributed by atoms with E-state index in [1.807, 2.05) is 38.7 Å². The number of carbonyl (C=O) groups excluding carboxylic acids is 1. The van der Waals surface area contributed by atoms with E-state index < -0.39 is 17.3 Å². The maximum atomic E-state index is 16.1. The van der Waals surface area contributed by atoms with Gasteiger partial charge in [0.25, 0.3) is 0 Å². The second-order valence-electron chi connectivity index (χ2n) is 11.3. The molecule has 228 valence electrons. The van der Waals surface area contributed by atoms with Crippen LogP contribution in [-0.2, 0) is 11.3 Å². The first-order valence-electron chi connectivity index (χ1n) is 14.4. The molecule has 5 heterocycles. The van der Waals surface area contributed by atoms with Gasteiger partial charge in [0.15, 0.2) is 17.3 Å². The van der Waals surface area contributed by atoms with Crippen molar-refractivity contribution in [3.8, 4) is 22.8 Å². The highest BCUT2D eigenvalue weighted by molar-refractivity contribution is 5.91. The van der Waals surface area contributed by atoms with Gasteiger partial charge in [0, 0.05) is 37.6 Å². The molecule has 10 nitrogen and oxygen atoms in total. The number of rotatable bonds is 6. The van der Waals surface area contributed by atoms with E-state index in [1.165, 1.54) is 28.8 Å². The molecule has 1 aromatic carbocycles. The van der Waals surface area contributed by atoms with Gasteiger partial charge >= 0.3 is 5.69 Å². The number of halogens is 2. The summed E-state index contributed by atoms with van der Waals surface area (Å²) in [4.78, 5) is 43.3. The van der Waals surface area contributed by atoms with Crippen molar-refractivity contribution in [3.05, 3.63) is 82.1 Å². The lowest BCUT2D eigenvalue weighted by atomic mass is 9.99. The zero-order valence-corrected chi connectivity index (χ0v) is 24.9. The minimum absolute atomic E-state index is 0.0424. The summed E-state index contributed by atoms with van der Waals surface area (Å²) >= 11 is 0. The fourth-order valence-corrected chi connectivity index (χ4v) is 5.93. The van der Waals surface area contributed by atoms with Gasteiger partial charge in [0.2, 0.25) is 12.7 Å². The average molecular weight is 603 g/mol. The Hall–Kier alpha value is -4.87. The fourth-order valence-electron chi connectivity index (χ4n) is 5.93. The van der Waals surface area contributed by atoms with Crippen LogP contribution in [-0.4, -0.2) is 62.8 Å². The van der Waals surface area contributed by atoms with E-state index >= 15 is 8.78 Å². The van der Waals surface area contributed by atoms with Crippen molar-refractivity contribution in [2.45, 2.75) is 46.2 Å². The van der Waals surface area contributed by atoms with Crippen molar-refractivity contribution in [2.24, 2.45) is 0 Å². The number of anilines is 1. The van der Waals surface area contributed by atoms with Crippen LogP contribution in [0.3, 0.4) is 0 Å². The first kappa shape index (κ1) is 29.2. The normalized spacial score (nSPS) is 16.2. The molecule has 0 unspecified atom stereocenters. The summed E-state index contributed by atoms with van der Waals surface area (Å²) < 4.78 is 43.7. The van der Waals surface area contributed by atoms with Crippen LogP contribution >= 0.6 is 0 Å². The number of hydrogen-bond acceptors (Lipinski definition) is 8. The Balaban J connectivity index is 1.58. The molecule has 12 heteroatoms. The molecule has 4 aromatic rings. The number of carbonyl (C=O) groups is 1. The van der Waals surface area contributed by atoms with E-state index in [0.29, 0.717) is 19.6 Å². The summed E-state index contributed by atoms with van der Waals surface area (Å²) in [5.74, 6) is -1.15. The molecule has 1 amide bonds. The van der Waals surface area contributed by atoms with E-state index in [1.54, 1.807) is 11.1 Å². The number of fused-ring (bicyclic) bond motifs is 2. The number of piperazine rings is 1. The van der Waals surface area contributed by atoms with E-state index in [9.17, 15) is 9.59 Å². The number of nitrogens with zero attached hydrogens (tertiary/aromatic N) is 6. The lowest BCUT2D eigenvalue weighted by molar-refractivity contribution is -0.126. The molecule has 0 N–H and O–H groups in total. The molecule has 0 saturated carbocycles. The van der Waals surface area contributed by atoms with Gasteiger partial charge in [-0.3, -0.25) is 14.3 Å². The first-order valence-corrected chi connectivity index (χ1v) is 14.4. The van der Waals surface area contributed by atoms with Crippen molar-refractivity contribution in [2.75, 3.05) is 31.3 Å². The van der Waals surface area contributed by atoms with Crippen LogP contribution in [0.1, 0.15) is 43.5 Å². The molecule has 0 radical (unpaired) electrons. The maximum Gasteiger partial charge on any atom is 0.351 e. The minimum Gasteiger partial charge on any atom is -0.454 e. The summed E-state index contributed by atoms with van der Waals surface area (Å²) in [6, 6.07) is 5.42. The second-order valence-corrected chi connectivity index (χ2v) is 11.3. The molecule has 0 spiro atoms. The van der Waals surface area contributed by atoms with Crippen molar-refractivity contribution in [1.82, 2.24) is 24.4 Å². The Morgan fingerprint density at radius 2 is 1.95 bits per heavy atom. The smallest absolute Gasteiger partial charge is 0.351 e. The molecule has 3 aromatic heterocycles. The van der Waals surface area contributed by atoms with Crippen molar-refractivity contribution >= 4 is 22.8 Å². The van der Waals surface area contributed by atoms with Gasteiger partial charge < -0.3 is 19.3 Å². The van der Waals surface area contributed by atoms with Gasteiger partial charge in [-0.1, -0.05) is 20.4 Å². The van der Waals surface area contributed by atoms with Crippen LogP contribution in [0.4, 0.5) is 14.6 Å². The highest BCUT2D eigenvalue weighted by Gasteiger charge is 2.31. The fraction of sp³-hybridized carbons (Fsp3) is 0.344. The molecule has 0 bridgehead atoms.